The molecule has 0 saturated carbocycles. The van der Waals surface area contributed by atoms with E-state index >= 15 is 0 Å². The van der Waals surface area contributed by atoms with Crippen LogP contribution in [-0.4, -0.2) is 23.8 Å². The van der Waals surface area contributed by atoms with E-state index in [1.165, 1.54) is 0 Å². The number of halogens is 3. The van der Waals surface area contributed by atoms with Gasteiger partial charge >= 0.3 is 11.5 Å². The molecule has 0 fully saturated rings. The Morgan fingerprint density at radius 3 is 2.80 bits per heavy atom. The third-order valence-electron chi connectivity index (χ3n) is 4.81. The van der Waals surface area contributed by atoms with Crippen LogP contribution >= 0.6 is 0 Å². The Bertz CT molecular complexity index is 1110. The molecule has 0 saturated heterocycles. The molecule has 1 heterocycles. The third-order valence-corrected chi connectivity index (χ3v) is 4.81. The summed E-state index contributed by atoms with van der Waals surface area (Å²) in [5.41, 5.74) is 1.01. The minimum atomic E-state index is -3.60. The number of hydrogen-bond acceptors (Lipinski definition) is 4. The molecule has 1 aromatic heterocycles. The molecule has 2 aromatic rings. The quantitative estimate of drug-likeness (QED) is 0.485. The smallest absolute Gasteiger partial charge is 0.343 e. The zero-order chi connectivity index (χ0) is 21.9. The van der Waals surface area contributed by atoms with Gasteiger partial charge in [0.15, 0.2) is 12.8 Å². The van der Waals surface area contributed by atoms with E-state index in [0.29, 0.717) is 28.5 Å². The zero-order valence-corrected chi connectivity index (χ0v) is 16.3. The maximum atomic E-state index is 13.4. The fourth-order valence-electron chi connectivity index (χ4n) is 2.92. The molecular formula is C23H21F3O4. The highest BCUT2D eigenvalue weighted by molar-refractivity contribution is 5.84. The molecule has 0 spiro atoms. The minimum absolute atomic E-state index is 0.0190. The van der Waals surface area contributed by atoms with Crippen molar-refractivity contribution in [2.75, 3.05) is 6.61 Å². The van der Waals surface area contributed by atoms with Gasteiger partial charge in [0.25, 0.3) is 0 Å². The van der Waals surface area contributed by atoms with Crippen LogP contribution in [0.3, 0.4) is 0 Å². The number of fused-ring (bicyclic) bond motifs is 1. The van der Waals surface area contributed by atoms with Crippen LogP contribution < -0.4 is 5.63 Å². The molecule has 1 aliphatic rings. The standard InChI is InChI=1S/C23H21F3O4/c1-14(29-13-23(25,26)15(2)24)17-7-5-6-16(10-11-17)12-19-21(27)18-8-3-4-9-20(18)30-22(19)28/h3-6,8-11,15,27H,1,7,12-13H2,2H3. The number of allylic oxidation sites excluding steroid dienone is 6. The van der Waals surface area contributed by atoms with Crippen LogP contribution in [-0.2, 0) is 11.2 Å². The summed E-state index contributed by atoms with van der Waals surface area (Å²) < 4.78 is 50.0. The van der Waals surface area contributed by atoms with Crippen molar-refractivity contribution in [3.63, 3.8) is 0 Å². The summed E-state index contributed by atoms with van der Waals surface area (Å²) in [6.07, 6.45) is 4.96. The Kier molecular flexibility index (Phi) is 6.20. The van der Waals surface area contributed by atoms with E-state index in [-0.39, 0.29) is 23.5 Å². The van der Waals surface area contributed by atoms with Crippen molar-refractivity contribution < 1.29 is 27.4 Å². The van der Waals surface area contributed by atoms with Crippen molar-refractivity contribution >= 4 is 11.0 Å². The zero-order valence-electron chi connectivity index (χ0n) is 16.3. The molecule has 1 aliphatic carbocycles. The molecule has 1 N–H and O–H groups in total. The molecule has 30 heavy (non-hydrogen) atoms. The summed E-state index contributed by atoms with van der Waals surface area (Å²) in [4.78, 5) is 12.3. The first-order chi connectivity index (χ1) is 14.2. The molecule has 0 aliphatic heterocycles. The number of para-hydroxylation sites is 1. The highest BCUT2D eigenvalue weighted by atomic mass is 19.3. The molecule has 3 rings (SSSR count). The summed E-state index contributed by atoms with van der Waals surface area (Å²) in [7, 11) is 0. The molecule has 7 heteroatoms. The summed E-state index contributed by atoms with van der Waals surface area (Å²) in [5, 5.41) is 10.9. The Morgan fingerprint density at radius 1 is 1.33 bits per heavy atom. The lowest BCUT2D eigenvalue weighted by molar-refractivity contribution is -0.107. The van der Waals surface area contributed by atoms with Crippen molar-refractivity contribution in [1.82, 2.24) is 0 Å². The fourth-order valence-corrected chi connectivity index (χ4v) is 2.92. The third kappa shape index (κ3) is 4.67. The molecule has 0 radical (unpaired) electrons. The van der Waals surface area contributed by atoms with Crippen molar-refractivity contribution in [1.29, 1.82) is 0 Å². The van der Waals surface area contributed by atoms with Gasteiger partial charge in [0.2, 0.25) is 0 Å². The Balaban J connectivity index is 1.78. The molecule has 1 atom stereocenters. The topological polar surface area (TPSA) is 59.7 Å². The van der Waals surface area contributed by atoms with Crippen LogP contribution in [0.25, 0.3) is 11.0 Å². The molecule has 1 aromatic carbocycles. The van der Waals surface area contributed by atoms with E-state index < -0.39 is 24.3 Å². The van der Waals surface area contributed by atoms with Gasteiger partial charge in [-0.25, -0.2) is 9.18 Å². The minimum Gasteiger partial charge on any atom is -0.507 e. The average molecular weight is 418 g/mol. The molecule has 0 amide bonds. The van der Waals surface area contributed by atoms with Crippen LogP contribution in [0.5, 0.6) is 5.75 Å². The van der Waals surface area contributed by atoms with Gasteiger partial charge in [-0.3, -0.25) is 0 Å². The summed E-state index contributed by atoms with van der Waals surface area (Å²) in [6.45, 7) is 3.31. The lowest BCUT2D eigenvalue weighted by Crippen LogP contribution is -2.33. The van der Waals surface area contributed by atoms with Crippen LogP contribution in [0.1, 0.15) is 18.9 Å². The van der Waals surface area contributed by atoms with Crippen LogP contribution in [0.4, 0.5) is 13.2 Å². The fraction of sp³-hybridized carbons (Fsp3) is 0.261. The second-order valence-corrected chi connectivity index (χ2v) is 7.02. The van der Waals surface area contributed by atoms with Crippen molar-refractivity contribution in [2.45, 2.75) is 31.9 Å². The number of benzene rings is 1. The van der Waals surface area contributed by atoms with Crippen molar-refractivity contribution in [3.8, 4) is 5.75 Å². The predicted molar refractivity (Wildman–Crippen MR) is 108 cm³/mol. The average Bonchev–Trinajstić information content (AvgIpc) is 2.95. The summed E-state index contributed by atoms with van der Waals surface area (Å²) in [6, 6.07) is 6.68. The first-order valence-corrected chi connectivity index (χ1v) is 9.33. The van der Waals surface area contributed by atoms with Gasteiger partial charge in [0.05, 0.1) is 10.9 Å². The highest BCUT2D eigenvalue weighted by Gasteiger charge is 2.38. The van der Waals surface area contributed by atoms with Gasteiger partial charge in [-0.2, -0.15) is 8.78 Å². The second kappa shape index (κ2) is 8.65. The maximum absolute atomic E-state index is 13.4. The molecule has 0 bridgehead atoms. The van der Waals surface area contributed by atoms with E-state index in [1.807, 2.05) is 0 Å². The van der Waals surface area contributed by atoms with Gasteiger partial charge in [0.1, 0.15) is 17.1 Å². The maximum Gasteiger partial charge on any atom is 0.343 e. The summed E-state index contributed by atoms with van der Waals surface area (Å²) in [5.74, 6) is -3.72. The molecule has 4 nitrogen and oxygen atoms in total. The monoisotopic (exact) mass is 418 g/mol. The van der Waals surface area contributed by atoms with Crippen LogP contribution in [0, 0.1) is 0 Å². The Hall–Kier alpha value is -3.22. The number of hydrogen-bond donors (Lipinski definition) is 1. The number of ether oxygens (including phenoxy) is 1. The normalized spacial score (nSPS) is 15.3. The van der Waals surface area contributed by atoms with E-state index in [0.717, 1.165) is 6.92 Å². The van der Waals surface area contributed by atoms with Gasteiger partial charge in [-0.15, -0.1) is 0 Å². The SMILES string of the molecule is C=C(OCC(F)(F)C(C)F)C1=CC=C(Cc2c(O)c3ccccc3oc2=O)C=CC1. The molecule has 158 valence electrons. The van der Waals surface area contributed by atoms with Gasteiger partial charge in [-0.05, 0) is 36.6 Å². The predicted octanol–water partition coefficient (Wildman–Crippen LogP) is 5.38. The van der Waals surface area contributed by atoms with E-state index in [9.17, 15) is 23.1 Å². The molecular weight excluding hydrogens is 397 g/mol. The van der Waals surface area contributed by atoms with Gasteiger partial charge in [-0.1, -0.05) is 43.0 Å². The van der Waals surface area contributed by atoms with E-state index in [4.69, 9.17) is 9.15 Å². The first-order valence-electron chi connectivity index (χ1n) is 9.33. The number of aromatic hydroxyl groups is 1. The number of alkyl halides is 3. The van der Waals surface area contributed by atoms with Crippen molar-refractivity contribution in [3.05, 3.63) is 88.0 Å². The van der Waals surface area contributed by atoms with Gasteiger partial charge in [0, 0.05) is 6.42 Å². The van der Waals surface area contributed by atoms with Crippen molar-refractivity contribution in [2.24, 2.45) is 0 Å². The lowest BCUT2D eigenvalue weighted by Gasteiger charge is -2.19. The van der Waals surface area contributed by atoms with Gasteiger partial charge < -0.3 is 14.3 Å². The van der Waals surface area contributed by atoms with E-state index in [2.05, 4.69) is 6.58 Å². The van der Waals surface area contributed by atoms with E-state index in [1.54, 1.807) is 48.6 Å². The Morgan fingerprint density at radius 2 is 2.07 bits per heavy atom. The first kappa shape index (κ1) is 21.5. The summed E-state index contributed by atoms with van der Waals surface area (Å²) >= 11 is 0. The molecule has 1 unspecified atom stereocenters. The second-order valence-electron chi connectivity index (χ2n) is 7.02. The number of rotatable bonds is 7. The lowest BCUT2D eigenvalue weighted by atomic mass is 10.0. The highest BCUT2D eigenvalue weighted by Crippen LogP contribution is 2.29. The van der Waals surface area contributed by atoms with Crippen LogP contribution in [0.2, 0.25) is 0 Å². The largest absolute Gasteiger partial charge is 0.507 e. The Labute approximate surface area is 171 Å². The van der Waals surface area contributed by atoms with Crippen LogP contribution in [0.15, 0.2) is 81.3 Å².